The van der Waals surface area contributed by atoms with Crippen molar-refractivity contribution in [3.8, 4) is 0 Å². The monoisotopic (exact) mass is 276 g/mol. The molecule has 1 N–H and O–H groups in total. The molecule has 0 unspecified atom stereocenters. The number of hydrogen-bond acceptors (Lipinski definition) is 3. The highest BCUT2D eigenvalue weighted by Crippen LogP contribution is 2.24. The fourth-order valence-corrected chi connectivity index (χ4v) is 2.25. The van der Waals surface area contributed by atoms with Gasteiger partial charge < -0.3 is 15.0 Å². The van der Waals surface area contributed by atoms with Gasteiger partial charge in [0.25, 0.3) is 0 Å². The van der Waals surface area contributed by atoms with Crippen LogP contribution in [-0.4, -0.2) is 37.2 Å². The minimum Gasteiger partial charge on any atom is -0.375 e. The summed E-state index contributed by atoms with van der Waals surface area (Å²) in [6, 6.07) is 10.0. The third kappa shape index (κ3) is 5.61. The first kappa shape index (κ1) is 15.5. The summed E-state index contributed by atoms with van der Waals surface area (Å²) >= 11 is 0. The van der Waals surface area contributed by atoms with E-state index >= 15 is 0 Å². The van der Waals surface area contributed by atoms with Crippen molar-refractivity contribution < 1.29 is 4.74 Å². The number of nitrogens with zero attached hydrogens (tertiary/aromatic N) is 1. The summed E-state index contributed by atoms with van der Waals surface area (Å²) in [5.41, 5.74) is 2.59. The second-order valence-corrected chi connectivity index (χ2v) is 6.12. The average Bonchev–Trinajstić information content (AvgIpc) is 3.26. The maximum atomic E-state index is 5.79. The number of nitrogens with one attached hydrogen (secondary N) is 1. The van der Waals surface area contributed by atoms with Gasteiger partial charge in [-0.05, 0) is 31.0 Å². The normalized spacial score (nSPS) is 15.2. The minimum atomic E-state index is 0.521. The zero-order valence-electron chi connectivity index (χ0n) is 13.1. The molecule has 0 aromatic heterocycles. The van der Waals surface area contributed by atoms with Crippen molar-refractivity contribution in [3.63, 3.8) is 0 Å². The molecule has 0 spiro atoms. The van der Waals surface area contributed by atoms with Crippen molar-refractivity contribution >= 4 is 0 Å². The maximum absolute atomic E-state index is 5.79. The predicted molar refractivity (Wildman–Crippen MR) is 83.7 cm³/mol. The van der Waals surface area contributed by atoms with E-state index in [1.54, 1.807) is 0 Å². The summed E-state index contributed by atoms with van der Waals surface area (Å²) in [7, 11) is 2.19. The molecule has 1 saturated carbocycles. The highest BCUT2D eigenvalue weighted by molar-refractivity contribution is 5.22. The predicted octanol–water partition coefficient (Wildman–Crippen LogP) is 2.80. The van der Waals surface area contributed by atoms with Gasteiger partial charge in [0.05, 0.1) is 13.2 Å². The van der Waals surface area contributed by atoms with E-state index in [1.165, 1.54) is 24.0 Å². The molecule has 1 aromatic carbocycles. The van der Waals surface area contributed by atoms with Gasteiger partial charge in [-0.1, -0.05) is 38.1 Å². The zero-order chi connectivity index (χ0) is 14.4. The van der Waals surface area contributed by atoms with E-state index in [-0.39, 0.29) is 0 Å². The van der Waals surface area contributed by atoms with E-state index in [1.807, 2.05) is 0 Å². The van der Waals surface area contributed by atoms with Crippen molar-refractivity contribution in [2.45, 2.75) is 51.9 Å². The molecule has 0 radical (unpaired) electrons. The molecule has 1 fully saturated rings. The molecule has 0 heterocycles. The van der Waals surface area contributed by atoms with Gasteiger partial charge in [-0.2, -0.15) is 0 Å². The van der Waals surface area contributed by atoms with E-state index in [9.17, 15) is 0 Å². The summed E-state index contributed by atoms with van der Waals surface area (Å²) in [5, 5.41) is 3.44. The van der Waals surface area contributed by atoms with Gasteiger partial charge in [-0.3, -0.25) is 0 Å². The van der Waals surface area contributed by atoms with Crippen molar-refractivity contribution in [1.29, 1.82) is 0 Å². The van der Waals surface area contributed by atoms with E-state index in [4.69, 9.17) is 4.74 Å². The molecule has 1 aliphatic rings. The summed E-state index contributed by atoms with van der Waals surface area (Å²) in [6.07, 6.45) is 2.72. The van der Waals surface area contributed by atoms with E-state index in [0.717, 1.165) is 25.7 Å². The number of rotatable bonds is 9. The molecule has 3 nitrogen and oxygen atoms in total. The van der Waals surface area contributed by atoms with E-state index in [0.29, 0.717) is 12.6 Å². The molecular formula is C17H28N2O. The Labute approximate surface area is 123 Å². The molecule has 0 bridgehead atoms. The Balaban J connectivity index is 1.67. The lowest BCUT2D eigenvalue weighted by Crippen LogP contribution is -2.25. The third-order valence-electron chi connectivity index (χ3n) is 3.73. The van der Waals surface area contributed by atoms with Crippen LogP contribution in [0.25, 0.3) is 0 Å². The first-order valence-electron chi connectivity index (χ1n) is 7.74. The van der Waals surface area contributed by atoms with Crippen LogP contribution in [0.15, 0.2) is 24.3 Å². The van der Waals surface area contributed by atoms with Crippen LogP contribution in [0.4, 0.5) is 0 Å². The largest absolute Gasteiger partial charge is 0.375 e. The Morgan fingerprint density at radius 3 is 2.75 bits per heavy atom. The summed E-state index contributed by atoms with van der Waals surface area (Å²) in [4.78, 5) is 2.41. The second kappa shape index (κ2) is 7.77. The number of ether oxygens (including phenoxy) is 1. The quantitative estimate of drug-likeness (QED) is 0.702. The van der Waals surface area contributed by atoms with E-state index in [2.05, 4.69) is 55.4 Å². The number of hydrogen-bond donors (Lipinski definition) is 1. The highest BCUT2D eigenvalue weighted by Gasteiger charge is 2.25. The molecule has 3 heteroatoms. The van der Waals surface area contributed by atoms with Gasteiger partial charge in [-0.15, -0.1) is 0 Å². The molecule has 112 valence electrons. The zero-order valence-corrected chi connectivity index (χ0v) is 13.1. The van der Waals surface area contributed by atoms with Crippen LogP contribution >= 0.6 is 0 Å². The lowest BCUT2D eigenvalue weighted by Gasteiger charge is -2.15. The Kier molecular flexibility index (Phi) is 6.02. The molecule has 2 rings (SSSR count). The van der Waals surface area contributed by atoms with Crippen molar-refractivity contribution in [3.05, 3.63) is 35.4 Å². The fourth-order valence-electron chi connectivity index (χ4n) is 2.25. The first-order valence-corrected chi connectivity index (χ1v) is 7.74. The van der Waals surface area contributed by atoms with Crippen LogP contribution in [0.2, 0.25) is 0 Å². The average molecular weight is 276 g/mol. The topological polar surface area (TPSA) is 24.5 Å². The molecule has 0 saturated heterocycles. The van der Waals surface area contributed by atoms with Crippen LogP contribution in [0.3, 0.4) is 0 Å². The van der Waals surface area contributed by atoms with Crippen LogP contribution < -0.4 is 5.32 Å². The van der Waals surface area contributed by atoms with Gasteiger partial charge in [0.15, 0.2) is 0 Å². The van der Waals surface area contributed by atoms with Gasteiger partial charge >= 0.3 is 0 Å². The third-order valence-corrected chi connectivity index (χ3v) is 3.73. The Bertz CT molecular complexity index is 402. The van der Waals surface area contributed by atoms with Crippen LogP contribution in [0.1, 0.15) is 37.8 Å². The summed E-state index contributed by atoms with van der Waals surface area (Å²) in [6.45, 7) is 7.84. The minimum absolute atomic E-state index is 0.521. The Morgan fingerprint density at radius 1 is 1.30 bits per heavy atom. The smallest absolute Gasteiger partial charge is 0.0717 e. The molecule has 1 aliphatic carbocycles. The first-order chi connectivity index (χ1) is 9.65. The highest BCUT2D eigenvalue weighted by atomic mass is 16.5. The number of likely N-dealkylation sites (N-methyl/N-ethyl adjacent to an activating group) is 1. The van der Waals surface area contributed by atoms with E-state index < -0.39 is 0 Å². The van der Waals surface area contributed by atoms with Crippen LogP contribution in [0, 0.1) is 0 Å². The number of benzene rings is 1. The lowest BCUT2D eigenvalue weighted by atomic mass is 10.1. The maximum Gasteiger partial charge on any atom is 0.0717 e. The lowest BCUT2D eigenvalue weighted by molar-refractivity contribution is 0.0978. The van der Waals surface area contributed by atoms with Gasteiger partial charge in [0.1, 0.15) is 0 Å². The summed E-state index contributed by atoms with van der Waals surface area (Å²) in [5.74, 6) is 0. The summed E-state index contributed by atoms with van der Waals surface area (Å²) < 4.78 is 5.79. The van der Waals surface area contributed by atoms with Gasteiger partial charge in [0, 0.05) is 25.2 Å². The SMILES string of the molecule is CC(C)NCc1cccc(COCCN(C)C2CC2)c1. The Hall–Kier alpha value is -0.900. The standard InChI is InChI=1S/C17H28N2O/c1-14(2)18-12-15-5-4-6-16(11-15)13-20-10-9-19(3)17-7-8-17/h4-6,11,14,17-18H,7-10,12-13H2,1-3H3. The molecular weight excluding hydrogens is 248 g/mol. The van der Waals surface area contributed by atoms with Gasteiger partial charge in [-0.25, -0.2) is 0 Å². The van der Waals surface area contributed by atoms with Gasteiger partial charge in [0.2, 0.25) is 0 Å². The fraction of sp³-hybridized carbons (Fsp3) is 0.647. The van der Waals surface area contributed by atoms with Crippen LogP contribution in [-0.2, 0) is 17.9 Å². The van der Waals surface area contributed by atoms with Crippen molar-refractivity contribution in [2.75, 3.05) is 20.2 Å². The molecule has 0 aliphatic heterocycles. The molecule has 1 aromatic rings. The Morgan fingerprint density at radius 2 is 2.05 bits per heavy atom. The second-order valence-electron chi connectivity index (χ2n) is 6.12. The van der Waals surface area contributed by atoms with Crippen molar-refractivity contribution in [1.82, 2.24) is 10.2 Å². The van der Waals surface area contributed by atoms with Crippen LogP contribution in [0.5, 0.6) is 0 Å². The molecule has 20 heavy (non-hydrogen) atoms. The molecule has 0 amide bonds. The van der Waals surface area contributed by atoms with Crippen molar-refractivity contribution in [2.24, 2.45) is 0 Å². The molecule has 0 atom stereocenters.